The van der Waals surface area contributed by atoms with Gasteiger partial charge in [-0.1, -0.05) is 109 Å². The molecule has 0 aliphatic carbocycles. The Balaban J connectivity index is 1.71. The Morgan fingerprint density at radius 3 is 2.00 bits per heavy atom. The molecule has 202 valence electrons. The molecule has 6 heteroatoms. The predicted molar refractivity (Wildman–Crippen MR) is 153 cm³/mol. The summed E-state index contributed by atoms with van der Waals surface area (Å²) in [5.41, 5.74) is 0. The molecule has 37 heavy (non-hydrogen) atoms. The van der Waals surface area contributed by atoms with Crippen LogP contribution >= 0.6 is 0 Å². The molecule has 1 saturated heterocycles. The van der Waals surface area contributed by atoms with Crippen molar-refractivity contribution in [3.05, 3.63) is 60.7 Å². The van der Waals surface area contributed by atoms with Crippen molar-refractivity contribution in [2.75, 3.05) is 13.2 Å². The first-order valence-electron chi connectivity index (χ1n) is 13.7. The Bertz CT molecular complexity index is 979. The SMILES string of the molecule is CC(C)C[C@H]1COC(=O)N1C(=O)C[C@@H](C)C[C@@H](C)CO[Si](c1ccccc1)(c1ccccc1)C(C)(C)C. The monoisotopic (exact) mass is 523 g/mol. The largest absolute Gasteiger partial charge is 0.447 e. The van der Waals surface area contributed by atoms with Crippen molar-refractivity contribution < 1.29 is 18.8 Å². The molecule has 2 aromatic carbocycles. The van der Waals surface area contributed by atoms with E-state index in [9.17, 15) is 9.59 Å². The number of cyclic esters (lactones) is 1. The second kappa shape index (κ2) is 12.4. The van der Waals surface area contributed by atoms with Crippen LogP contribution in [0.3, 0.4) is 0 Å². The van der Waals surface area contributed by atoms with Crippen molar-refractivity contribution in [3.8, 4) is 0 Å². The van der Waals surface area contributed by atoms with Crippen LogP contribution in [0.2, 0.25) is 5.04 Å². The Kier molecular flexibility index (Phi) is 9.76. The van der Waals surface area contributed by atoms with Gasteiger partial charge < -0.3 is 9.16 Å². The fourth-order valence-electron chi connectivity index (χ4n) is 5.75. The molecule has 0 radical (unpaired) electrons. The molecule has 0 bridgehead atoms. The average molecular weight is 524 g/mol. The number of rotatable bonds is 11. The molecule has 0 aromatic heterocycles. The number of carbonyl (C=O) groups is 2. The van der Waals surface area contributed by atoms with Gasteiger partial charge in [0, 0.05) is 13.0 Å². The summed E-state index contributed by atoms with van der Waals surface area (Å²) in [5, 5.41) is 2.47. The Morgan fingerprint density at radius 2 is 1.51 bits per heavy atom. The molecule has 0 saturated carbocycles. The number of amides is 2. The lowest BCUT2D eigenvalue weighted by molar-refractivity contribution is -0.130. The van der Waals surface area contributed by atoms with E-state index in [2.05, 4.69) is 109 Å². The van der Waals surface area contributed by atoms with Crippen LogP contribution in [-0.2, 0) is 14.0 Å². The molecule has 1 fully saturated rings. The summed E-state index contributed by atoms with van der Waals surface area (Å²) in [4.78, 5) is 26.7. The first-order chi connectivity index (χ1) is 17.5. The standard InChI is InChI=1S/C31H45NO4Si/c1-23(2)18-26-22-35-30(34)32(26)29(33)20-24(3)19-25(4)21-36-37(31(5,6)7,27-14-10-8-11-15-27)28-16-12-9-13-17-28/h8-17,23-26H,18-22H2,1-7H3/t24-,25+,26-/m0/s1. The lowest BCUT2D eigenvalue weighted by atomic mass is 9.94. The molecule has 1 aliphatic heterocycles. The van der Waals surface area contributed by atoms with Crippen LogP contribution in [0.4, 0.5) is 4.79 Å². The molecule has 2 aromatic rings. The number of hydrogen-bond donors (Lipinski definition) is 0. The van der Waals surface area contributed by atoms with E-state index in [0.717, 1.165) is 12.8 Å². The number of carbonyl (C=O) groups excluding carboxylic acids is 2. The zero-order chi connectivity index (χ0) is 27.2. The molecule has 5 nitrogen and oxygen atoms in total. The van der Waals surface area contributed by atoms with Gasteiger partial charge in [-0.2, -0.15) is 0 Å². The second-order valence-corrected chi connectivity index (χ2v) is 16.6. The van der Waals surface area contributed by atoms with Crippen molar-refractivity contribution in [3.63, 3.8) is 0 Å². The maximum absolute atomic E-state index is 13.1. The second-order valence-electron chi connectivity index (χ2n) is 12.2. The number of nitrogens with zero attached hydrogens (tertiary/aromatic N) is 1. The van der Waals surface area contributed by atoms with E-state index >= 15 is 0 Å². The van der Waals surface area contributed by atoms with Crippen LogP contribution in [0.25, 0.3) is 0 Å². The van der Waals surface area contributed by atoms with Crippen molar-refractivity contribution in [1.29, 1.82) is 0 Å². The topological polar surface area (TPSA) is 55.8 Å². The maximum atomic E-state index is 13.1. The van der Waals surface area contributed by atoms with Gasteiger partial charge in [0.25, 0.3) is 8.32 Å². The quantitative estimate of drug-likeness (QED) is 0.339. The Hall–Kier alpha value is -2.44. The summed E-state index contributed by atoms with van der Waals surface area (Å²) in [6.07, 6.45) is 1.47. The highest BCUT2D eigenvalue weighted by Crippen LogP contribution is 2.37. The van der Waals surface area contributed by atoms with Crippen LogP contribution in [0.5, 0.6) is 0 Å². The zero-order valence-corrected chi connectivity index (χ0v) is 24.7. The van der Waals surface area contributed by atoms with Crippen molar-refractivity contribution in [2.24, 2.45) is 17.8 Å². The van der Waals surface area contributed by atoms with E-state index in [1.807, 2.05) is 0 Å². The number of benzene rings is 2. The normalized spacial score (nSPS) is 18.1. The van der Waals surface area contributed by atoms with E-state index < -0.39 is 14.4 Å². The van der Waals surface area contributed by atoms with E-state index in [4.69, 9.17) is 9.16 Å². The summed E-state index contributed by atoms with van der Waals surface area (Å²) in [7, 11) is -2.59. The van der Waals surface area contributed by atoms with Gasteiger partial charge in [0.1, 0.15) is 6.61 Å². The van der Waals surface area contributed by atoms with Crippen LogP contribution in [0.15, 0.2) is 60.7 Å². The highest BCUT2D eigenvalue weighted by molar-refractivity contribution is 6.99. The Morgan fingerprint density at radius 1 is 0.973 bits per heavy atom. The first-order valence-corrected chi connectivity index (χ1v) is 15.6. The van der Waals surface area contributed by atoms with Gasteiger partial charge in [-0.15, -0.1) is 0 Å². The molecule has 0 spiro atoms. The predicted octanol–water partition coefficient (Wildman–Crippen LogP) is 6.01. The van der Waals surface area contributed by atoms with Gasteiger partial charge in [0.05, 0.1) is 6.04 Å². The van der Waals surface area contributed by atoms with Crippen LogP contribution in [0.1, 0.15) is 67.7 Å². The molecule has 1 heterocycles. The minimum Gasteiger partial charge on any atom is -0.447 e. The highest BCUT2D eigenvalue weighted by Gasteiger charge is 2.50. The third-order valence-electron chi connectivity index (χ3n) is 7.30. The smallest absolute Gasteiger partial charge is 0.416 e. The van der Waals surface area contributed by atoms with Crippen molar-refractivity contribution >= 4 is 30.7 Å². The van der Waals surface area contributed by atoms with E-state index in [1.165, 1.54) is 15.3 Å². The number of ether oxygens (including phenoxy) is 1. The van der Waals surface area contributed by atoms with Gasteiger partial charge in [-0.3, -0.25) is 4.79 Å². The van der Waals surface area contributed by atoms with Crippen molar-refractivity contribution in [1.82, 2.24) is 4.90 Å². The lowest BCUT2D eigenvalue weighted by Gasteiger charge is -2.43. The van der Waals surface area contributed by atoms with E-state index in [1.54, 1.807) is 0 Å². The average Bonchev–Trinajstić information content (AvgIpc) is 3.19. The maximum Gasteiger partial charge on any atom is 0.416 e. The lowest BCUT2D eigenvalue weighted by Crippen LogP contribution is -2.66. The molecule has 3 atom stereocenters. The first kappa shape index (κ1) is 29.1. The molecule has 2 amide bonds. The molecular formula is C31H45NO4Si. The van der Waals surface area contributed by atoms with Crippen LogP contribution in [-0.4, -0.2) is 44.5 Å². The van der Waals surface area contributed by atoms with E-state index in [0.29, 0.717) is 25.6 Å². The summed E-state index contributed by atoms with van der Waals surface area (Å²) >= 11 is 0. The van der Waals surface area contributed by atoms with Crippen LogP contribution < -0.4 is 10.4 Å². The molecule has 1 aliphatic rings. The Labute approximate surface area is 224 Å². The highest BCUT2D eigenvalue weighted by atomic mass is 28.4. The zero-order valence-electron chi connectivity index (χ0n) is 23.7. The van der Waals surface area contributed by atoms with Gasteiger partial charge in [-0.25, -0.2) is 9.69 Å². The summed E-state index contributed by atoms with van der Waals surface area (Å²) in [6, 6.07) is 21.2. The van der Waals surface area contributed by atoms with Gasteiger partial charge in [0.15, 0.2) is 0 Å². The number of imide groups is 1. The van der Waals surface area contributed by atoms with Gasteiger partial charge in [-0.05, 0) is 46.0 Å². The third kappa shape index (κ3) is 6.91. The third-order valence-corrected chi connectivity index (χ3v) is 12.3. The number of hydrogen-bond acceptors (Lipinski definition) is 4. The minimum absolute atomic E-state index is 0.0709. The fraction of sp³-hybridized carbons (Fsp3) is 0.548. The van der Waals surface area contributed by atoms with Crippen molar-refractivity contribution in [2.45, 2.75) is 78.8 Å². The minimum atomic E-state index is -2.59. The van der Waals surface area contributed by atoms with Crippen LogP contribution in [0, 0.1) is 17.8 Å². The summed E-state index contributed by atoms with van der Waals surface area (Å²) in [5.74, 6) is 0.673. The summed E-state index contributed by atoms with van der Waals surface area (Å²) < 4.78 is 12.3. The molecule has 3 rings (SSSR count). The summed E-state index contributed by atoms with van der Waals surface area (Å²) in [6.45, 7) is 16.3. The van der Waals surface area contributed by atoms with E-state index in [-0.39, 0.29) is 28.8 Å². The molecule has 0 unspecified atom stereocenters. The fourth-order valence-corrected chi connectivity index (χ4v) is 10.4. The molecule has 0 N–H and O–H groups in total. The molecular weight excluding hydrogens is 478 g/mol. The van der Waals surface area contributed by atoms with Gasteiger partial charge in [0.2, 0.25) is 5.91 Å². The van der Waals surface area contributed by atoms with Gasteiger partial charge >= 0.3 is 6.09 Å².